The topological polar surface area (TPSA) is 93.4 Å². The fourth-order valence-electron chi connectivity index (χ4n) is 3.54. The van der Waals surface area contributed by atoms with E-state index in [9.17, 15) is 8.42 Å². The van der Waals surface area contributed by atoms with Gasteiger partial charge in [-0.1, -0.05) is 17.7 Å². The van der Waals surface area contributed by atoms with E-state index in [1.165, 1.54) is 0 Å². The minimum atomic E-state index is -3.48. The molecule has 1 aliphatic heterocycles. The van der Waals surface area contributed by atoms with Crippen LogP contribution in [0.25, 0.3) is 5.69 Å². The molecule has 0 atom stereocenters. The standard InChI is InChI=1S/C21H26N6O3S/c1-3-30-19-8-6-18(7-9-19)27-21(22-23-24-27)16-25-12-14-26(15-13-25)31(28,29)20-10-4-17(2)5-11-20/h4-11H,3,12-16H2,1-2H3. The van der Waals surface area contributed by atoms with E-state index >= 15 is 0 Å². The van der Waals surface area contributed by atoms with Gasteiger partial charge in [-0.15, -0.1) is 5.10 Å². The van der Waals surface area contributed by atoms with Crippen molar-refractivity contribution in [3.05, 3.63) is 59.9 Å². The van der Waals surface area contributed by atoms with Crippen LogP contribution < -0.4 is 4.74 Å². The van der Waals surface area contributed by atoms with Gasteiger partial charge < -0.3 is 4.74 Å². The van der Waals surface area contributed by atoms with Gasteiger partial charge >= 0.3 is 0 Å². The first-order valence-electron chi connectivity index (χ1n) is 10.3. The van der Waals surface area contributed by atoms with E-state index in [4.69, 9.17) is 4.74 Å². The molecule has 0 unspecified atom stereocenters. The molecular weight excluding hydrogens is 416 g/mol. The largest absolute Gasteiger partial charge is 0.494 e. The quantitative estimate of drug-likeness (QED) is 0.551. The third-order valence-electron chi connectivity index (χ3n) is 5.28. The zero-order valence-electron chi connectivity index (χ0n) is 17.7. The second-order valence-corrected chi connectivity index (χ2v) is 9.37. The zero-order chi connectivity index (χ0) is 21.8. The number of hydrogen-bond acceptors (Lipinski definition) is 7. The van der Waals surface area contributed by atoms with Crippen molar-refractivity contribution in [2.75, 3.05) is 32.8 Å². The van der Waals surface area contributed by atoms with Crippen LogP contribution in [0.3, 0.4) is 0 Å². The number of tetrazole rings is 1. The predicted octanol–water partition coefficient (Wildman–Crippen LogP) is 1.88. The van der Waals surface area contributed by atoms with Gasteiger partial charge in [0.2, 0.25) is 10.0 Å². The maximum absolute atomic E-state index is 12.9. The maximum atomic E-state index is 12.9. The summed E-state index contributed by atoms with van der Waals surface area (Å²) < 4.78 is 34.5. The van der Waals surface area contributed by atoms with Crippen molar-refractivity contribution in [1.29, 1.82) is 0 Å². The highest BCUT2D eigenvalue weighted by molar-refractivity contribution is 7.89. The number of aryl methyl sites for hydroxylation is 1. The summed E-state index contributed by atoms with van der Waals surface area (Å²) in [5.74, 6) is 1.51. The SMILES string of the molecule is CCOc1ccc(-n2nnnc2CN2CCN(S(=O)(=O)c3ccc(C)cc3)CC2)cc1. The van der Waals surface area contributed by atoms with Gasteiger partial charge in [0.25, 0.3) is 0 Å². The van der Waals surface area contributed by atoms with Crippen molar-refractivity contribution in [1.82, 2.24) is 29.4 Å². The van der Waals surface area contributed by atoms with E-state index in [2.05, 4.69) is 20.4 Å². The molecule has 31 heavy (non-hydrogen) atoms. The Morgan fingerprint density at radius 1 is 0.968 bits per heavy atom. The second kappa shape index (κ2) is 9.13. The highest BCUT2D eigenvalue weighted by atomic mass is 32.2. The lowest BCUT2D eigenvalue weighted by atomic mass is 10.2. The van der Waals surface area contributed by atoms with Crippen molar-refractivity contribution in [3.63, 3.8) is 0 Å². The van der Waals surface area contributed by atoms with Gasteiger partial charge in [0.15, 0.2) is 5.82 Å². The molecule has 0 bridgehead atoms. The van der Waals surface area contributed by atoms with Crippen LogP contribution in [0.15, 0.2) is 53.4 Å². The summed E-state index contributed by atoms with van der Waals surface area (Å²) in [6.45, 7) is 7.12. The summed E-state index contributed by atoms with van der Waals surface area (Å²) in [6, 6.07) is 14.6. The molecule has 9 nitrogen and oxygen atoms in total. The smallest absolute Gasteiger partial charge is 0.243 e. The van der Waals surface area contributed by atoms with Gasteiger partial charge in [-0.05, 0) is 60.7 Å². The monoisotopic (exact) mass is 442 g/mol. The number of rotatable bonds is 7. The Bertz CT molecular complexity index is 1100. The molecule has 0 aliphatic carbocycles. The van der Waals surface area contributed by atoms with Crippen molar-refractivity contribution >= 4 is 10.0 Å². The normalized spacial score (nSPS) is 15.8. The van der Waals surface area contributed by atoms with Crippen molar-refractivity contribution in [2.24, 2.45) is 0 Å². The summed E-state index contributed by atoms with van der Waals surface area (Å²) >= 11 is 0. The Morgan fingerprint density at radius 3 is 2.29 bits per heavy atom. The summed E-state index contributed by atoms with van der Waals surface area (Å²) in [5.41, 5.74) is 1.89. The third-order valence-corrected chi connectivity index (χ3v) is 7.19. The lowest BCUT2D eigenvalue weighted by molar-refractivity contribution is 0.177. The molecule has 2 heterocycles. The Labute approximate surface area is 182 Å². The average Bonchev–Trinajstić information content (AvgIpc) is 3.23. The molecule has 0 N–H and O–H groups in total. The van der Waals surface area contributed by atoms with Gasteiger partial charge in [-0.2, -0.15) is 8.99 Å². The maximum Gasteiger partial charge on any atom is 0.243 e. The van der Waals surface area contributed by atoms with Gasteiger partial charge in [0.05, 0.1) is 23.7 Å². The molecule has 0 saturated carbocycles. The second-order valence-electron chi connectivity index (χ2n) is 7.43. The fraction of sp³-hybridized carbons (Fsp3) is 0.381. The van der Waals surface area contributed by atoms with Crippen LogP contribution in [0.4, 0.5) is 0 Å². The molecule has 0 amide bonds. The van der Waals surface area contributed by atoms with Gasteiger partial charge in [0.1, 0.15) is 5.75 Å². The molecule has 164 valence electrons. The van der Waals surface area contributed by atoms with Crippen LogP contribution in [-0.4, -0.2) is 70.6 Å². The summed E-state index contributed by atoms with van der Waals surface area (Å²) in [4.78, 5) is 2.50. The van der Waals surface area contributed by atoms with Crippen LogP contribution >= 0.6 is 0 Å². The van der Waals surface area contributed by atoms with Crippen LogP contribution in [-0.2, 0) is 16.6 Å². The molecule has 4 rings (SSSR count). The van der Waals surface area contributed by atoms with Crippen LogP contribution in [0.1, 0.15) is 18.3 Å². The number of ether oxygens (including phenoxy) is 1. The Balaban J connectivity index is 1.40. The van der Waals surface area contributed by atoms with Crippen LogP contribution in [0.5, 0.6) is 5.75 Å². The minimum Gasteiger partial charge on any atom is -0.494 e. The number of nitrogens with zero attached hydrogens (tertiary/aromatic N) is 6. The number of aromatic nitrogens is 4. The summed E-state index contributed by atoms with van der Waals surface area (Å²) in [5, 5.41) is 12.1. The molecule has 1 aliphatic rings. The van der Waals surface area contributed by atoms with Crippen molar-refractivity contribution in [2.45, 2.75) is 25.3 Å². The van der Waals surface area contributed by atoms with Crippen molar-refractivity contribution in [3.8, 4) is 11.4 Å². The molecule has 1 fully saturated rings. The predicted molar refractivity (Wildman–Crippen MR) is 116 cm³/mol. The fourth-order valence-corrected chi connectivity index (χ4v) is 4.96. The van der Waals surface area contributed by atoms with E-state index < -0.39 is 10.0 Å². The molecule has 2 aromatic carbocycles. The number of benzene rings is 2. The Morgan fingerprint density at radius 2 is 1.65 bits per heavy atom. The van der Waals surface area contributed by atoms with E-state index in [0.29, 0.717) is 50.1 Å². The van der Waals surface area contributed by atoms with E-state index in [0.717, 1.165) is 17.0 Å². The molecular formula is C21H26N6O3S. The number of piperazine rings is 1. The summed E-state index contributed by atoms with van der Waals surface area (Å²) in [6.07, 6.45) is 0. The molecule has 1 aromatic heterocycles. The average molecular weight is 443 g/mol. The molecule has 10 heteroatoms. The van der Waals surface area contributed by atoms with E-state index in [1.807, 2.05) is 50.2 Å². The minimum absolute atomic E-state index is 0.339. The van der Waals surface area contributed by atoms with Gasteiger partial charge in [0, 0.05) is 26.2 Å². The molecule has 3 aromatic rings. The Kier molecular flexibility index (Phi) is 6.30. The molecule has 0 radical (unpaired) electrons. The van der Waals surface area contributed by atoms with Gasteiger partial charge in [-0.25, -0.2) is 8.42 Å². The summed E-state index contributed by atoms with van der Waals surface area (Å²) in [7, 11) is -3.48. The highest BCUT2D eigenvalue weighted by Crippen LogP contribution is 2.20. The van der Waals surface area contributed by atoms with Crippen LogP contribution in [0, 0.1) is 6.92 Å². The lowest BCUT2D eigenvalue weighted by Crippen LogP contribution is -2.48. The van der Waals surface area contributed by atoms with Crippen LogP contribution in [0.2, 0.25) is 0 Å². The number of hydrogen-bond donors (Lipinski definition) is 0. The van der Waals surface area contributed by atoms with E-state index in [1.54, 1.807) is 21.1 Å². The first-order chi connectivity index (χ1) is 15.0. The van der Waals surface area contributed by atoms with Crippen molar-refractivity contribution < 1.29 is 13.2 Å². The van der Waals surface area contributed by atoms with E-state index in [-0.39, 0.29) is 0 Å². The molecule has 1 saturated heterocycles. The molecule has 0 spiro atoms. The Hall–Kier alpha value is -2.82. The third kappa shape index (κ3) is 4.76. The zero-order valence-corrected chi connectivity index (χ0v) is 18.5. The number of sulfonamides is 1. The highest BCUT2D eigenvalue weighted by Gasteiger charge is 2.29. The first-order valence-corrected chi connectivity index (χ1v) is 11.7. The van der Waals surface area contributed by atoms with Gasteiger partial charge in [-0.3, -0.25) is 4.90 Å². The lowest BCUT2D eigenvalue weighted by Gasteiger charge is -2.33. The first kappa shape index (κ1) is 21.4.